The van der Waals surface area contributed by atoms with Gasteiger partial charge in [-0.3, -0.25) is 5.32 Å². The molecule has 1 rings (SSSR count). The first-order valence-corrected chi connectivity index (χ1v) is 5.43. The van der Waals surface area contributed by atoms with E-state index in [9.17, 15) is 9.59 Å². The van der Waals surface area contributed by atoms with E-state index in [1.54, 1.807) is 18.4 Å². The van der Waals surface area contributed by atoms with E-state index in [-0.39, 0.29) is 11.6 Å². The molecule has 0 radical (unpaired) electrons. The first-order valence-electron chi connectivity index (χ1n) is 4.55. The van der Waals surface area contributed by atoms with Gasteiger partial charge in [-0.25, -0.2) is 9.59 Å². The summed E-state index contributed by atoms with van der Waals surface area (Å²) in [6, 6.07) is 0.824. The van der Waals surface area contributed by atoms with Gasteiger partial charge >= 0.3 is 12.0 Å². The Morgan fingerprint density at radius 3 is 2.88 bits per heavy atom. The van der Waals surface area contributed by atoms with Gasteiger partial charge in [0.1, 0.15) is 5.00 Å². The molecule has 0 saturated heterocycles. The van der Waals surface area contributed by atoms with Gasteiger partial charge in [-0.2, -0.15) is 0 Å². The topological polar surface area (TPSA) is 78.4 Å². The monoisotopic (exact) mass is 240 g/mol. The molecule has 1 aromatic heterocycles. The van der Waals surface area contributed by atoms with Crippen LogP contribution < -0.4 is 10.6 Å². The zero-order valence-corrected chi connectivity index (χ0v) is 9.50. The van der Waals surface area contributed by atoms with Crippen molar-refractivity contribution in [3.63, 3.8) is 0 Å². The van der Waals surface area contributed by atoms with Crippen molar-refractivity contribution >= 4 is 28.3 Å². The fourth-order valence-corrected chi connectivity index (χ4v) is 1.75. The molecule has 1 aromatic rings. The minimum atomic E-state index is -1.06. The van der Waals surface area contributed by atoms with Crippen LogP contribution in [0.5, 0.6) is 0 Å². The highest BCUT2D eigenvalue weighted by atomic mass is 32.1. The lowest BCUT2D eigenvalue weighted by Gasteiger charge is -2.09. The normalized spacial score (nSPS) is 11.6. The average molecular weight is 240 g/mol. The highest BCUT2D eigenvalue weighted by Gasteiger charge is 2.13. The van der Waals surface area contributed by atoms with Crippen LogP contribution in [0.25, 0.3) is 0 Å². The summed E-state index contributed by atoms with van der Waals surface area (Å²) >= 11 is 1.16. The van der Waals surface area contributed by atoms with Crippen molar-refractivity contribution < 1.29 is 14.7 Å². The summed E-state index contributed by atoms with van der Waals surface area (Å²) in [5.74, 6) is -1.06. The number of thiophene rings is 1. The molecule has 1 heterocycles. The molecule has 3 N–H and O–H groups in total. The molecule has 1 unspecified atom stereocenters. The summed E-state index contributed by atoms with van der Waals surface area (Å²) in [6.07, 6.45) is 1.58. The third kappa shape index (κ3) is 3.09. The number of urea groups is 1. The van der Waals surface area contributed by atoms with Crippen molar-refractivity contribution in [2.75, 3.05) is 5.32 Å². The zero-order valence-electron chi connectivity index (χ0n) is 8.69. The van der Waals surface area contributed by atoms with Crippen molar-refractivity contribution in [1.82, 2.24) is 5.32 Å². The number of carbonyl (C=O) groups is 2. The fourth-order valence-electron chi connectivity index (χ4n) is 0.979. The molecule has 16 heavy (non-hydrogen) atoms. The Morgan fingerprint density at radius 2 is 2.31 bits per heavy atom. The smallest absolute Gasteiger partial charge is 0.338 e. The molecule has 2 amide bonds. The van der Waals surface area contributed by atoms with Gasteiger partial charge in [0.05, 0.1) is 5.56 Å². The number of hydrogen-bond acceptors (Lipinski definition) is 3. The number of carbonyl (C=O) groups excluding carboxylic acids is 1. The summed E-state index contributed by atoms with van der Waals surface area (Å²) in [5, 5.41) is 15.8. The molecule has 86 valence electrons. The largest absolute Gasteiger partial charge is 0.478 e. The molecule has 0 aliphatic rings. The van der Waals surface area contributed by atoms with Crippen molar-refractivity contribution in [3.8, 4) is 0 Å². The van der Waals surface area contributed by atoms with Crippen LogP contribution in [0.3, 0.4) is 0 Å². The third-order valence-electron chi connectivity index (χ3n) is 1.84. The summed E-state index contributed by atoms with van der Waals surface area (Å²) in [5.41, 5.74) is 0.0893. The molecule has 6 heteroatoms. The van der Waals surface area contributed by atoms with Crippen molar-refractivity contribution in [1.29, 1.82) is 0 Å². The molecular weight excluding hydrogens is 228 g/mol. The van der Waals surface area contributed by atoms with Crippen LogP contribution in [0, 0.1) is 0 Å². The van der Waals surface area contributed by atoms with Crippen molar-refractivity contribution in [2.45, 2.75) is 13.0 Å². The molecule has 0 aliphatic carbocycles. The second-order valence-corrected chi connectivity index (χ2v) is 4.01. The van der Waals surface area contributed by atoms with E-state index in [4.69, 9.17) is 5.11 Å². The SMILES string of the molecule is C=CC(C)NC(=O)Nc1sccc1C(=O)O. The second kappa shape index (κ2) is 5.32. The first-order chi connectivity index (χ1) is 7.54. The van der Waals surface area contributed by atoms with Crippen LogP contribution in [0.15, 0.2) is 24.1 Å². The number of aromatic carboxylic acids is 1. The molecular formula is C10H12N2O3S. The quantitative estimate of drug-likeness (QED) is 0.705. The predicted molar refractivity (Wildman–Crippen MR) is 63.1 cm³/mol. The van der Waals surface area contributed by atoms with E-state index in [0.29, 0.717) is 5.00 Å². The molecule has 0 spiro atoms. The minimum Gasteiger partial charge on any atom is -0.478 e. The van der Waals surface area contributed by atoms with E-state index in [0.717, 1.165) is 11.3 Å². The van der Waals surface area contributed by atoms with Gasteiger partial charge in [-0.05, 0) is 18.4 Å². The number of anilines is 1. The second-order valence-electron chi connectivity index (χ2n) is 3.09. The van der Waals surface area contributed by atoms with Crippen molar-refractivity contribution in [3.05, 3.63) is 29.7 Å². The van der Waals surface area contributed by atoms with Gasteiger partial charge < -0.3 is 10.4 Å². The average Bonchev–Trinajstić information content (AvgIpc) is 2.65. The number of carboxylic acid groups (broad SMARTS) is 1. The van der Waals surface area contributed by atoms with Crippen LogP contribution in [0.4, 0.5) is 9.80 Å². The molecule has 0 saturated carbocycles. The Morgan fingerprint density at radius 1 is 1.62 bits per heavy atom. The predicted octanol–water partition coefficient (Wildman–Crippen LogP) is 2.14. The number of nitrogens with one attached hydrogen (secondary N) is 2. The summed E-state index contributed by atoms with van der Waals surface area (Å²) in [4.78, 5) is 22.2. The molecule has 1 atom stereocenters. The van der Waals surface area contributed by atoms with E-state index in [2.05, 4.69) is 17.2 Å². The van der Waals surface area contributed by atoms with E-state index in [1.807, 2.05) is 0 Å². The Balaban J connectivity index is 2.66. The van der Waals surface area contributed by atoms with Gasteiger partial charge in [0.25, 0.3) is 0 Å². The summed E-state index contributed by atoms with van der Waals surface area (Å²) in [7, 11) is 0. The standard InChI is InChI=1S/C10H12N2O3S/c1-3-6(2)11-10(15)12-8-7(9(13)14)4-5-16-8/h3-6H,1H2,2H3,(H,13,14)(H2,11,12,15). The Bertz CT molecular complexity index is 414. The lowest BCUT2D eigenvalue weighted by atomic mass is 10.3. The van der Waals surface area contributed by atoms with Crippen LogP contribution >= 0.6 is 11.3 Å². The fraction of sp³-hybridized carbons (Fsp3) is 0.200. The zero-order chi connectivity index (χ0) is 12.1. The number of carboxylic acids is 1. The van der Waals surface area contributed by atoms with Crippen LogP contribution in [0.2, 0.25) is 0 Å². The molecule has 0 aromatic carbocycles. The van der Waals surface area contributed by atoms with Gasteiger partial charge in [0.15, 0.2) is 0 Å². The van der Waals surface area contributed by atoms with Gasteiger partial charge in [0, 0.05) is 6.04 Å². The molecule has 0 aliphatic heterocycles. The van der Waals surface area contributed by atoms with E-state index in [1.165, 1.54) is 6.07 Å². The lowest BCUT2D eigenvalue weighted by Crippen LogP contribution is -2.34. The molecule has 5 nitrogen and oxygen atoms in total. The maximum atomic E-state index is 11.4. The molecule has 0 bridgehead atoms. The maximum absolute atomic E-state index is 11.4. The first kappa shape index (κ1) is 12.3. The highest BCUT2D eigenvalue weighted by Crippen LogP contribution is 2.22. The third-order valence-corrected chi connectivity index (χ3v) is 2.66. The Hall–Kier alpha value is -1.82. The van der Waals surface area contributed by atoms with Crippen LogP contribution in [0.1, 0.15) is 17.3 Å². The Labute approximate surface area is 96.8 Å². The number of hydrogen-bond donors (Lipinski definition) is 3. The maximum Gasteiger partial charge on any atom is 0.338 e. The van der Waals surface area contributed by atoms with Gasteiger partial charge in [0.2, 0.25) is 0 Å². The minimum absolute atomic E-state index is 0.0893. The van der Waals surface area contributed by atoms with E-state index < -0.39 is 12.0 Å². The number of rotatable bonds is 4. The van der Waals surface area contributed by atoms with Crippen LogP contribution in [-0.4, -0.2) is 23.1 Å². The molecule has 0 fully saturated rings. The Kier molecular flexibility index (Phi) is 4.07. The lowest BCUT2D eigenvalue weighted by molar-refractivity contribution is 0.0698. The van der Waals surface area contributed by atoms with Crippen LogP contribution in [-0.2, 0) is 0 Å². The van der Waals surface area contributed by atoms with Gasteiger partial charge in [-0.15, -0.1) is 17.9 Å². The summed E-state index contributed by atoms with van der Waals surface area (Å²) < 4.78 is 0. The summed E-state index contributed by atoms with van der Waals surface area (Å²) in [6.45, 7) is 5.29. The van der Waals surface area contributed by atoms with Crippen molar-refractivity contribution in [2.24, 2.45) is 0 Å². The van der Waals surface area contributed by atoms with E-state index >= 15 is 0 Å². The van der Waals surface area contributed by atoms with Gasteiger partial charge in [-0.1, -0.05) is 6.08 Å². The number of amides is 2. The highest BCUT2D eigenvalue weighted by molar-refractivity contribution is 7.14.